The standard InChI is InChI=1S/C16H26O3/c1-5-12(3)13-7-9-14(10-8-13)16(18,6-2)15(11-17)19-4/h7-10,12,15,17-18H,5-6,11H2,1-4H3. The molecule has 3 nitrogen and oxygen atoms in total. The van der Waals surface area contributed by atoms with Crippen molar-refractivity contribution in [1.82, 2.24) is 0 Å². The van der Waals surface area contributed by atoms with Gasteiger partial charge in [0.25, 0.3) is 0 Å². The molecule has 0 saturated heterocycles. The molecule has 108 valence electrons. The van der Waals surface area contributed by atoms with Crippen LogP contribution in [0.2, 0.25) is 0 Å². The molecule has 2 N–H and O–H groups in total. The Hall–Kier alpha value is -0.900. The Morgan fingerprint density at radius 3 is 2.16 bits per heavy atom. The van der Waals surface area contributed by atoms with Gasteiger partial charge in [0.05, 0.1) is 6.61 Å². The van der Waals surface area contributed by atoms with Crippen LogP contribution >= 0.6 is 0 Å². The maximum atomic E-state index is 10.8. The first-order valence-corrected chi connectivity index (χ1v) is 6.99. The molecule has 3 atom stereocenters. The molecule has 0 heterocycles. The van der Waals surface area contributed by atoms with Crippen molar-refractivity contribution in [3.63, 3.8) is 0 Å². The average Bonchev–Trinajstić information content (AvgIpc) is 2.47. The van der Waals surface area contributed by atoms with Crippen LogP contribution in [0.3, 0.4) is 0 Å². The fourth-order valence-electron chi connectivity index (χ4n) is 2.37. The normalized spacial score (nSPS) is 17.8. The molecule has 1 rings (SSSR count). The number of hydrogen-bond donors (Lipinski definition) is 2. The third kappa shape index (κ3) is 3.35. The lowest BCUT2D eigenvalue weighted by atomic mass is 9.84. The van der Waals surface area contributed by atoms with Crippen molar-refractivity contribution in [2.24, 2.45) is 0 Å². The van der Waals surface area contributed by atoms with E-state index in [-0.39, 0.29) is 6.61 Å². The number of ether oxygens (including phenoxy) is 1. The van der Waals surface area contributed by atoms with E-state index in [1.807, 2.05) is 31.2 Å². The molecule has 0 aliphatic carbocycles. The van der Waals surface area contributed by atoms with Crippen molar-refractivity contribution in [3.05, 3.63) is 35.4 Å². The molecule has 0 radical (unpaired) electrons. The molecule has 0 aliphatic rings. The SMILES string of the molecule is CCC(C)c1ccc(C(O)(CC)C(CO)OC)cc1. The van der Waals surface area contributed by atoms with E-state index < -0.39 is 11.7 Å². The third-order valence-electron chi connectivity index (χ3n) is 4.11. The van der Waals surface area contributed by atoms with Gasteiger partial charge in [-0.2, -0.15) is 0 Å². The lowest BCUT2D eigenvalue weighted by molar-refractivity contribution is -0.120. The van der Waals surface area contributed by atoms with Crippen molar-refractivity contribution in [3.8, 4) is 0 Å². The van der Waals surface area contributed by atoms with Gasteiger partial charge < -0.3 is 14.9 Å². The summed E-state index contributed by atoms with van der Waals surface area (Å²) in [5, 5.41) is 20.1. The van der Waals surface area contributed by atoms with E-state index in [9.17, 15) is 10.2 Å². The molecule has 0 aromatic heterocycles. The Morgan fingerprint density at radius 1 is 1.21 bits per heavy atom. The molecule has 0 fully saturated rings. The topological polar surface area (TPSA) is 49.7 Å². The highest BCUT2D eigenvalue weighted by Crippen LogP contribution is 2.31. The van der Waals surface area contributed by atoms with Crippen LogP contribution in [-0.4, -0.2) is 30.0 Å². The van der Waals surface area contributed by atoms with Gasteiger partial charge in [-0.15, -0.1) is 0 Å². The van der Waals surface area contributed by atoms with Gasteiger partial charge in [-0.1, -0.05) is 45.0 Å². The fraction of sp³-hybridized carbons (Fsp3) is 0.625. The van der Waals surface area contributed by atoms with E-state index in [4.69, 9.17) is 4.74 Å². The van der Waals surface area contributed by atoms with E-state index >= 15 is 0 Å². The Morgan fingerprint density at radius 2 is 1.79 bits per heavy atom. The number of methoxy groups -OCH3 is 1. The van der Waals surface area contributed by atoms with Crippen molar-refractivity contribution in [2.75, 3.05) is 13.7 Å². The molecule has 0 saturated carbocycles. The second-order valence-corrected chi connectivity index (χ2v) is 5.12. The van der Waals surface area contributed by atoms with E-state index in [0.29, 0.717) is 12.3 Å². The molecule has 1 aromatic rings. The molecule has 0 aliphatic heterocycles. The summed E-state index contributed by atoms with van der Waals surface area (Å²) in [6, 6.07) is 7.97. The maximum absolute atomic E-state index is 10.8. The molecule has 3 heteroatoms. The minimum Gasteiger partial charge on any atom is -0.394 e. The van der Waals surface area contributed by atoms with Crippen LogP contribution in [-0.2, 0) is 10.3 Å². The first-order chi connectivity index (χ1) is 9.03. The second-order valence-electron chi connectivity index (χ2n) is 5.12. The summed E-state index contributed by atoms with van der Waals surface area (Å²) >= 11 is 0. The predicted molar refractivity (Wildman–Crippen MR) is 77.2 cm³/mol. The van der Waals surface area contributed by atoms with Crippen LogP contribution in [0.15, 0.2) is 24.3 Å². The highest BCUT2D eigenvalue weighted by Gasteiger charge is 2.36. The fourth-order valence-corrected chi connectivity index (χ4v) is 2.37. The summed E-state index contributed by atoms with van der Waals surface area (Å²) in [5.41, 5.74) is 0.919. The lowest BCUT2D eigenvalue weighted by Crippen LogP contribution is -2.42. The second kappa shape index (κ2) is 7.04. The molecule has 0 spiro atoms. The summed E-state index contributed by atoms with van der Waals surface area (Å²) in [4.78, 5) is 0. The number of benzene rings is 1. The maximum Gasteiger partial charge on any atom is 0.118 e. The van der Waals surface area contributed by atoms with Crippen LogP contribution in [0.25, 0.3) is 0 Å². The number of aliphatic hydroxyl groups excluding tert-OH is 1. The summed E-state index contributed by atoms with van der Waals surface area (Å²) in [7, 11) is 1.51. The Kier molecular flexibility index (Phi) is 5.98. The van der Waals surface area contributed by atoms with Gasteiger partial charge in [0.2, 0.25) is 0 Å². The van der Waals surface area contributed by atoms with Crippen LogP contribution in [0.1, 0.15) is 50.7 Å². The van der Waals surface area contributed by atoms with E-state index in [0.717, 1.165) is 12.0 Å². The van der Waals surface area contributed by atoms with Crippen molar-refractivity contribution in [2.45, 2.75) is 51.2 Å². The summed E-state index contributed by atoms with van der Waals surface area (Å²) in [6.45, 7) is 6.04. The zero-order chi connectivity index (χ0) is 14.5. The monoisotopic (exact) mass is 266 g/mol. The third-order valence-corrected chi connectivity index (χ3v) is 4.11. The molecule has 3 unspecified atom stereocenters. The van der Waals surface area contributed by atoms with Crippen LogP contribution in [0.5, 0.6) is 0 Å². The van der Waals surface area contributed by atoms with Crippen LogP contribution in [0.4, 0.5) is 0 Å². The van der Waals surface area contributed by atoms with E-state index in [2.05, 4.69) is 13.8 Å². The Balaban J connectivity index is 3.05. The van der Waals surface area contributed by atoms with Gasteiger partial charge in [-0.3, -0.25) is 0 Å². The first kappa shape index (κ1) is 16.2. The minimum atomic E-state index is -1.14. The summed E-state index contributed by atoms with van der Waals surface area (Å²) < 4.78 is 5.21. The summed E-state index contributed by atoms with van der Waals surface area (Å²) in [5.74, 6) is 0.514. The smallest absolute Gasteiger partial charge is 0.118 e. The van der Waals surface area contributed by atoms with Crippen molar-refractivity contribution >= 4 is 0 Å². The quantitative estimate of drug-likeness (QED) is 0.798. The molecule has 1 aromatic carbocycles. The van der Waals surface area contributed by atoms with Gasteiger partial charge in [-0.05, 0) is 29.9 Å². The highest BCUT2D eigenvalue weighted by atomic mass is 16.5. The first-order valence-electron chi connectivity index (χ1n) is 6.99. The molecule has 0 amide bonds. The highest BCUT2D eigenvalue weighted by molar-refractivity contribution is 5.30. The largest absolute Gasteiger partial charge is 0.394 e. The minimum absolute atomic E-state index is 0.200. The Bertz CT molecular complexity index is 370. The van der Waals surface area contributed by atoms with Crippen LogP contribution in [0, 0.1) is 0 Å². The van der Waals surface area contributed by atoms with Gasteiger partial charge in [0.15, 0.2) is 0 Å². The van der Waals surface area contributed by atoms with Crippen LogP contribution < -0.4 is 0 Å². The molecule has 19 heavy (non-hydrogen) atoms. The van der Waals surface area contributed by atoms with Gasteiger partial charge >= 0.3 is 0 Å². The van der Waals surface area contributed by atoms with E-state index in [1.54, 1.807) is 0 Å². The van der Waals surface area contributed by atoms with Gasteiger partial charge in [0.1, 0.15) is 11.7 Å². The Labute approximate surface area is 116 Å². The summed E-state index contributed by atoms with van der Waals surface area (Å²) in [6.07, 6.45) is 0.982. The van der Waals surface area contributed by atoms with E-state index in [1.165, 1.54) is 12.7 Å². The number of rotatable bonds is 7. The number of hydrogen-bond acceptors (Lipinski definition) is 3. The lowest BCUT2D eigenvalue weighted by Gasteiger charge is -2.34. The van der Waals surface area contributed by atoms with Crippen molar-refractivity contribution in [1.29, 1.82) is 0 Å². The molecular formula is C16H26O3. The van der Waals surface area contributed by atoms with Gasteiger partial charge in [-0.25, -0.2) is 0 Å². The number of aliphatic hydroxyl groups is 2. The average molecular weight is 266 g/mol. The van der Waals surface area contributed by atoms with Crippen molar-refractivity contribution < 1.29 is 14.9 Å². The van der Waals surface area contributed by atoms with Gasteiger partial charge in [0, 0.05) is 7.11 Å². The predicted octanol–water partition coefficient (Wildman–Crippen LogP) is 2.81. The zero-order valence-electron chi connectivity index (χ0n) is 12.4. The molecular weight excluding hydrogens is 240 g/mol. The zero-order valence-corrected chi connectivity index (χ0v) is 12.4. The molecule has 0 bridgehead atoms.